The number of nitrogens with zero attached hydrogens (tertiary/aromatic N) is 2. The lowest BCUT2D eigenvalue weighted by atomic mass is 10.0. The molecule has 6 aromatic carbocycles. The van der Waals surface area contributed by atoms with E-state index in [0.717, 1.165) is 83.1 Å². The number of furan rings is 2. The molecule has 0 unspecified atom stereocenters. The fourth-order valence-corrected chi connectivity index (χ4v) is 6.10. The third-order valence-electron chi connectivity index (χ3n) is 8.03. The van der Waals surface area contributed by atoms with Crippen molar-refractivity contribution in [2.75, 3.05) is 0 Å². The quantitative estimate of drug-likeness (QED) is 0.230. The van der Waals surface area contributed by atoms with Crippen molar-refractivity contribution in [3.8, 4) is 28.2 Å². The minimum absolute atomic E-state index is 0.827. The molecule has 192 valence electrons. The van der Waals surface area contributed by atoms with E-state index in [-0.39, 0.29) is 0 Å². The second-order valence-electron chi connectivity index (χ2n) is 10.4. The van der Waals surface area contributed by atoms with E-state index in [2.05, 4.69) is 102 Å². The lowest BCUT2D eigenvalue weighted by Gasteiger charge is -2.11. The van der Waals surface area contributed by atoms with Gasteiger partial charge in [0.2, 0.25) is 0 Å². The van der Waals surface area contributed by atoms with Crippen LogP contribution < -0.4 is 0 Å². The zero-order valence-corrected chi connectivity index (χ0v) is 21.9. The molecule has 0 spiro atoms. The van der Waals surface area contributed by atoms with Gasteiger partial charge >= 0.3 is 0 Å². The number of aromatic nitrogens is 2. The fraction of sp³-hybridized carbons (Fsp3) is 0. The molecule has 3 aromatic heterocycles. The van der Waals surface area contributed by atoms with E-state index in [0.29, 0.717) is 0 Å². The topological polar surface area (TPSA) is 44.1 Å². The van der Waals surface area contributed by atoms with Gasteiger partial charge in [-0.15, -0.1) is 0 Å². The minimum Gasteiger partial charge on any atom is -0.456 e. The molecule has 0 saturated heterocycles. The van der Waals surface area contributed by atoms with Gasteiger partial charge in [-0.3, -0.25) is 4.57 Å². The first-order valence-corrected chi connectivity index (χ1v) is 13.7. The molecule has 9 rings (SSSR count). The fourth-order valence-electron chi connectivity index (χ4n) is 6.10. The summed E-state index contributed by atoms with van der Waals surface area (Å²) in [5.41, 5.74) is 9.79. The standard InChI is InChI=1S/C37H22N2O2/c1-2-9-24(10-3-1)37-38-31-14-5-6-15-32(31)39(37)25-19-17-23(18-20-25)26-12-8-13-28-30-21-29-27-11-4-7-16-33(27)40-34(29)22-35(30)41-36(26)28/h1-22H. The van der Waals surface area contributed by atoms with Crippen molar-refractivity contribution in [2.24, 2.45) is 0 Å². The van der Waals surface area contributed by atoms with Crippen LogP contribution in [0.15, 0.2) is 142 Å². The molecule has 0 aliphatic carbocycles. The average Bonchev–Trinajstić information content (AvgIpc) is 3.71. The van der Waals surface area contributed by atoms with E-state index in [9.17, 15) is 0 Å². The predicted octanol–water partition coefficient (Wildman–Crippen LogP) is 10.2. The number of rotatable bonds is 3. The molecule has 0 N–H and O–H groups in total. The summed E-state index contributed by atoms with van der Waals surface area (Å²) >= 11 is 0. The normalized spacial score (nSPS) is 11.9. The van der Waals surface area contributed by atoms with Gasteiger partial charge in [0.1, 0.15) is 28.2 Å². The first-order chi connectivity index (χ1) is 20.3. The Hall–Kier alpha value is -5.61. The number of hydrogen-bond acceptors (Lipinski definition) is 3. The van der Waals surface area contributed by atoms with Gasteiger partial charge in [0.25, 0.3) is 0 Å². The Morgan fingerprint density at radius 1 is 0.488 bits per heavy atom. The molecule has 0 aliphatic rings. The average molecular weight is 527 g/mol. The van der Waals surface area contributed by atoms with Gasteiger partial charge in [-0.2, -0.15) is 0 Å². The van der Waals surface area contributed by atoms with Crippen LogP contribution in [0, 0.1) is 0 Å². The van der Waals surface area contributed by atoms with Gasteiger partial charge < -0.3 is 8.83 Å². The lowest BCUT2D eigenvalue weighted by molar-refractivity contribution is 0.656. The van der Waals surface area contributed by atoms with E-state index < -0.39 is 0 Å². The smallest absolute Gasteiger partial charge is 0.145 e. The van der Waals surface area contributed by atoms with Crippen LogP contribution in [0.5, 0.6) is 0 Å². The summed E-state index contributed by atoms with van der Waals surface area (Å²) < 4.78 is 14.9. The van der Waals surface area contributed by atoms with Crippen LogP contribution in [0.1, 0.15) is 0 Å². The van der Waals surface area contributed by atoms with Gasteiger partial charge in [-0.05, 0) is 42.0 Å². The SMILES string of the molecule is c1ccc(-c2nc3ccccc3n2-c2ccc(-c3cccc4c3oc3cc5oc6ccccc6c5cc34)cc2)cc1. The molecular weight excluding hydrogens is 504 g/mol. The van der Waals surface area contributed by atoms with Crippen molar-refractivity contribution >= 4 is 54.9 Å². The highest BCUT2D eigenvalue weighted by Crippen LogP contribution is 2.40. The highest BCUT2D eigenvalue weighted by molar-refractivity contribution is 6.16. The van der Waals surface area contributed by atoms with Crippen molar-refractivity contribution < 1.29 is 8.83 Å². The summed E-state index contributed by atoms with van der Waals surface area (Å²) in [5, 5.41) is 4.41. The van der Waals surface area contributed by atoms with E-state index in [1.54, 1.807) is 0 Å². The Kier molecular flexibility index (Phi) is 4.58. The second kappa shape index (κ2) is 8.44. The summed E-state index contributed by atoms with van der Waals surface area (Å²) in [6.45, 7) is 0. The Labute approximate surface area is 234 Å². The van der Waals surface area contributed by atoms with Crippen LogP contribution in [0.3, 0.4) is 0 Å². The third kappa shape index (κ3) is 3.31. The Balaban J connectivity index is 1.19. The van der Waals surface area contributed by atoms with E-state index >= 15 is 0 Å². The van der Waals surface area contributed by atoms with Crippen LogP contribution >= 0.6 is 0 Å². The number of para-hydroxylation sites is 4. The van der Waals surface area contributed by atoms with E-state index in [1.165, 1.54) is 0 Å². The van der Waals surface area contributed by atoms with Crippen molar-refractivity contribution in [2.45, 2.75) is 0 Å². The second-order valence-corrected chi connectivity index (χ2v) is 10.4. The number of fused-ring (bicyclic) bond motifs is 7. The summed E-state index contributed by atoms with van der Waals surface area (Å²) in [6, 6.07) is 46.0. The summed E-state index contributed by atoms with van der Waals surface area (Å²) in [5.74, 6) is 0.927. The highest BCUT2D eigenvalue weighted by Gasteiger charge is 2.17. The first kappa shape index (κ1) is 22.2. The maximum atomic E-state index is 6.50. The van der Waals surface area contributed by atoms with Crippen molar-refractivity contribution in [3.63, 3.8) is 0 Å². The molecule has 4 heteroatoms. The minimum atomic E-state index is 0.827. The largest absolute Gasteiger partial charge is 0.456 e. The molecule has 0 radical (unpaired) electrons. The van der Waals surface area contributed by atoms with Crippen LogP contribution in [0.25, 0.3) is 83.1 Å². The first-order valence-electron chi connectivity index (χ1n) is 13.7. The maximum Gasteiger partial charge on any atom is 0.145 e. The highest BCUT2D eigenvalue weighted by atomic mass is 16.3. The van der Waals surface area contributed by atoms with Crippen LogP contribution in [-0.2, 0) is 0 Å². The molecule has 0 fully saturated rings. The van der Waals surface area contributed by atoms with Crippen LogP contribution in [0.2, 0.25) is 0 Å². The van der Waals surface area contributed by atoms with E-state index in [1.807, 2.05) is 36.4 Å². The Morgan fingerprint density at radius 3 is 2.12 bits per heavy atom. The Morgan fingerprint density at radius 2 is 1.22 bits per heavy atom. The molecule has 0 amide bonds. The van der Waals surface area contributed by atoms with Gasteiger partial charge in [0.05, 0.1) is 11.0 Å². The van der Waals surface area contributed by atoms with Crippen LogP contribution in [0.4, 0.5) is 0 Å². The van der Waals surface area contributed by atoms with Gasteiger partial charge in [-0.1, -0.05) is 91.0 Å². The zero-order valence-electron chi connectivity index (χ0n) is 21.9. The zero-order chi connectivity index (χ0) is 26.9. The molecular formula is C37H22N2O2. The Bertz CT molecular complexity index is 2410. The molecule has 3 heterocycles. The molecule has 0 atom stereocenters. The number of imidazole rings is 1. The van der Waals surface area contributed by atoms with Gasteiger partial charge in [-0.25, -0.2) is 4.98 Å². The molecule has 0 aliphatic heterocycles. The third-order valence-corrected chi connectivity index (χ3v) is 8.03. The monoisotopic (exact) mass is 526 g/mol. The van der Waals surface area contributed by atoms with Crippen LogP contribution in [-0.4, -0.2) is 9.55 Å². The predicted molar refractivity (Wildman–Crippen MR) is 166 cm³/mol. The van der Waals surface area contributed by atoms with E-state index in [4.69, 9.17) is 13.8 Å². The maximum absolute atomic E-state index is 6.50. The lowest BCUT2D eigenvalue weighted by Crippen LogP contribution is -1.97. The van der Waals surface area contributed by atoms with Gasteiger partial charge in [0.15, 0.2) is 0 Å². The molecule has 41 heavy (non-hydrogen) atoms. The number of benzene rings is 6. The van der Waals surface area contributed by atoms with Crippen molar-refractivity contribution in [3.05, 3.63) is 133 Å². The molecule has 0 bridgehead atoms. The summed E-state index contributed by atoms with van der Waals surface area (Å²) in [7, 11) is 0. The van der Waals surface area contributed by atoms with Crippen molar-refractivity contribution in [1.29, 1.82) is 0 Å². The summed E-state index contributed by atoms with van der Waals surface area (Å²) in [6.07, 6.45) is 0. The molecule has 4 nitrogen and oxygen atoms in total. The molecule has 9 aromatic rings. The number of hydrogen-bond donors (Lipinski definition) is 0. The van der Waals surface area contributed by atoms with Gasteiger partial charge in [0, 0.05) is 44.4 Å². The summed E-state index contributed by atoms with van der Waals surface area (Å²) in [4.78, 5) is 4.98. The molecule has 0 saturated carbocycles. The van der Waals surface area contributed by atoms with Crippen molar-refractivity contribution in [1.82, 2.24) is 9.55 Å².